The van der Waals surface area contributed by atoms with Crippen molar-refractivity contribution in [2.45, 2.75) is 54.4 Å². The van der Waals surface area contributed by atoms with E-state index in [1.807, 2.05) is 26.2 Å². The fourth-order valence-corrected chi connectivity index (χ4v) is 1.42. The van der Waals surface area contributed by atoms with Gasteiger partial charge >= 0.3 is 0 Å². The van der Waals surface area contributed by atoms with Gasteiger partial charge in [-0.3, -0.25) is 4.98 Å². The largest absolute Gasteiger partial charge is 0.264 e. The second kappa shape index (κ2) is 9.64. The summed E-state index contributed by atoms with van der Waals surface area (Å²) in [5, 5.41) is 2.53. The minimum atomic E-state index is 1.22. The van der Waals surface area contributed by atoms with Crippen LogP contribution in [0.5, 0.6) is 0 Å². The van der Waals surface area contributed by atoms with Gasteiger partial charge in [-0.2, -0.15) is 0 Å². The Balaban J connectivity index is 0.000000415. The molecule has 1 nitrogen and oxygen atoms in total. The summed E-state index contributed by atoms with van der Waals surface area (Å²) in [5.74, 6) is 0. The van der Waals surface area contributed by atoms with Crippen LogP contribution < -0.4 is 0 Å². The van der Waals surface area contributed by atoms with E-state index in [2.05, 4.69) is 50.9 Å². The van der Waals surface area contributed by atoms with E-state index >= 15 is 0 Å². The summed E-state index contributed by atoms with van der Waals surface area (Å²) in [6.45, 7) is 12.6. The van der Waals surface area contributed by atoms with E-state index in [1.54, 1.807) is 0 Å². The molecule has 0 atom stereocenters. The van der Waals surface area contributed by atoms with Crippen molar-refractivity contribution in [1.82, 2.24) is 4.98 Å². The molecule has 0 unspecified atom stereocenters. The van der Waals surface area contributed by atoms with Gasteiger partial charge in [0.05, 0.1) is 0 Å². The lowest BCUT2D eigenvalue weighted by Crippen LogP contribution is -1.81. The number of rotatable bonds is 1. The van der Waals surface area contributed by atoms with Gasteiger partial charge in [0, 0.05) is 17.8 Å². The number of unbranched alkanes of at least 4 members (excludes halogenated alkanes) is 1. The van der Waals surface area contributed by atoms with Crippen LogP contribution in [0.2, 0.25) is 0 Å². The maximum absolute atomic E-state index is 4.14. The highest BCUT2D eigenvalue weighted by Gasteiger charge is 1.95. The SMILES string of the molecule is CC.CCCC.Cc1ccc2cncc(C)c2c1. The van der Waals surface area contributed by atoms with Crippen molar-refractivity contribution in [3.63, 3.8) is 0 Å². The molecule has 0 radical (unpaired) electrons. The molecule has 1 aromatic carbocycles. The number of hydrogen-bond acceptors (Lipinski definition) is 1. The minimum Gasteiger partial charge on any atom is -0.264 e. The molecule has 0 bridgehead atoms. The predicted molar refractivity (Wildman–Crippen MR) is 83.1 cm³/mol. The topological polar surface area (TPSA) is 12.9 Å². The third-order valence-corrected chi connectivity index (χ3v) is 2.62. The van der Waals surface area contributed by atoms with Gasteiger partial charge in [-0.1, -0.05) is 64.3 Å². The first-order valence-electron chi connectivity index (χ1n) is 7.00. The van der Waals surface area contributed by atoms with Gasteiger partial charge in [-0.15, -0.1) is 0 Å². The van der Waals surface area contributed by atoms with Crippen molar-refractivity contribution in [2.24, 2.45) is 0 Å². The summed E-state index contributed by atoms with van der Waals surface area (Å²) < 4.78 is 0. The predicted octanol–water partition coefficient (Wildman–Crippen LogP) is 5.68. The third-order valence-electron chi connectivity index (χ3n) is 2.62. The lowest BCUT2D eigenvalue weighted by molar-refractivity contribution is 0.886. The van der Waals surface area contributed by atoms with Crippen molar-refractivity contribution in [1.29, 1.82) is 0 Å². The first-order chi connectivity index (χ1) is 8.69. The number of aromatic nitrogens is 1. The molecule has 100 valence electrons. The van der Waals surface area contributed by atoms with Crippen molar-refractivity contribution in [3.05, 3.63) is 41.7 Å². The van der Waals surface area contributed by atoms with E-state index in [0.717, 1.165) is 0 Å². The lowest BCUT2D eigenvalue weighted by Gasteiger charge is -2.01. The summed E-state index contributed by atoms with van der Waals surface area (Å²) in [6.07, 6.45) is 6.45. The molecular weight excluding hydrogens is 218 g/mol. The van der Waals surface area contributed by atoms with Gasteiger partial charge in [0.1, 0.15) is 0 Å². The normalized spacial score (nSPS) is 9.00. The van der Waals surface area contributed by atoms with Gasteiger partial charge in [-0.05, 0) is 24.8 Å². The van der Waals surface area contributed by atoms with E-state index in [0.29, 0.717) is 0 Å². The van der Waals surface area contributed by atoms with E-state index in [1.165, 1.54) is 34.7 Å². The molecule has 0 saturated heterocycles. The number of aryl methyl sites for hydroxylation is 2. The molecule has 0 amide bonds. The second-order valence-corrected chi connectivity index (χ2v) is 4.18. The van der Waals surface area contributed by atoms with Gasteiger partial charge in [-0.25, -0.2) is 0 Å². The highest BCUT2D eigenvalue weighted by atomic mass is 14.6. The number of benzene rings is 1. The monoisotopic (exact) mass is 245 g/mol. The molecule has 0 spiro atoms. The Bertz CT molecular complexity index is 444. The summed E-state index contributed by atoms with van der Waals surface area (Å²) in [5.41, 5.74) is 2.55. The zero-order valence-electron chi connectivity index (χ0n) is 12.7. The van der Waals surface area contributed by atoms with Crippen LogP contribution in [0.25, 0.3) is 10.8 Å². The van der Waals surface area contributed by atoms with Crippen molar-refractivity contribution in [3.8, 4) is 0 Å². The van der Waals surface area contributed by atoms with Crippen LogP contribution in [0.4, 0.5) is 0 Å². The summed E-state index contributed by atoms with van der Waals surface area (Å²) in [4.78, 5) is 4.14. The van der Waals surface area contributed by atoms with Gasteiger partial charge in [0.2, 0.25) is 0 Å². The Morgan fingerprint density at radius 3 is 2.11 bits per heavy atom. The molecule has 0 saturated carbocycles. The van der Waals surface area contributed by atoms with Crippen LogP contribution in [0.3, 0.4) is 0 Å². The smallest absolute Gasteiger partial charge is 0.0346 e. The van der Waals surface area contributed by atoms with Gasteiger partial charge in [0.15, 0.2) is 0 Å². The van der Waals surface area contributed by atoms with E-state index < -0.39 is 0 Å². The summed E-state index contributed by atoms with van der Waals surface area (Å²) >= 11 is 0. The van der Waals surface area contributed by atoms with Crippen molar-refractivity contribution >= 4 is 10.8 Å². The molecule has 1 heteroatoms. The molecule has 0 aliphatic rings. The van der Waals surface area contributed by atoms with Crippen LogP contribution in [0.15, 0.2) is 30.6 Å². The second-order valence-electron chi connectivity index (χ2n) is 4.18. The average molecular weight is 245 g/mol. The Labute approximate surface area is 112 Å². The fourth-order valence-electron chi connectivity index (χ4n) is 1.42. The van der Waals surface area contributed by atoms with Crippen LogP contribution in [0.1, 0.15) is 51.7 Å². The summed E-state index contributed by atoms with van der Waals surface area (Å²) in [7, 11) is 0. The number of pyridine rings is 1. The van der Waals surface area contributed by atoms with Gasteiger partial charge < -0.3 is 0 Å². The molecule has 1 aromatic heterocycles. The van der Waals surface area contributed by atoms with Crippen LogP contribution >= 0.6 is 0 Å². The molecule has 2 aromatic rings. The molecule has 0 aliphatic carbocycles. The first kappa shape index (κ1) is 16.6. The highest BCUT2D eigenvalue weighted by molar-refractivity contribution is 5.85. The van der Waals surface area contributed by atoms with E-state index in [4.69, 9.17) is 0 Å². The van der Waals surface area contributed by atoms with Crippen LogP contribution in [-0.4, -0.2) is 4.98 Å². The van der Waals surface area contributed by atoms with Crippen LogP contribution in [-0.2, 0) is 0 Å². The number of fused-ring (bicyclic) bond motifs is 1. The average Bonchev–Trinajstić information content (AvgIpc) is 2.42. The summed E-state index contributed by atoms with van der Waals surface area (Å²) in [6, 6.07) is 6.43. The molecule has 0 N–H and O–H groups in total. The van der Waals surface area contributed by atoms with Gasteiger partial charge in [0.25, 0.3) is 0 Å². The number of nitrogens with zero attached hydrogens (tertiary/aromatic N) is 1. The first-order valence-corrected chi connectivity index (χ1v) is 7.00. The fraction of sp³-hybridized carbons (Fsp3) is 0.471. The molecule has 18 heavy (non-hydrogen) atoms. The van der Waals surface area contributed by atoms with E-state index in [9.17, 15) is 0 Å². The molecular formula is C17H27N. The molecule has 0 aliphatic heterocycles. The van der Waals surface area contributed by atoms with Crippen molar-refractivity contribution in [2.75, 3.05) is 0 Å². The Morgan fingerprint density at radius 1 is 0.944 bits per heavy atom. The van der Waals surface area contributed by atoms with Crippen LogP contribution in [0, 0.1) is 13.8 Å². The lowest BCUT2D eigenvalue weighted by atomic mass is 10.1. The maximum atomic E-state index is 4.14. The highest BCUT2D eigenvalue weighted by Crippen LogP contribution is 2.17. The quantitative estimate of drug-likeness (QED) is 0.629. The van der Waals surface area contributed by atoms with E-state index in [-0.39, 0.29) is 0 Å². The third kappa shape index (κ3) is 5.31. The van der Waals surface area contributed by atoms with Crippen molar-refractivity contribution < 1.29 is 0 Å². The molecule has 0 fully saturated rings. The Hall–Kier alpha value is -1.37. The zero-order chi connectivity index (χ0) is 14.0. The standard InChI is InChI=1S/C11H11N.C4H10.C2H6/c1-8-3-4-10-7-12-6-9(2)11(10)5-8;1-3-4-2;1-2/h3-7H,1-2H3;3-4H2,1-2H3;1-2H3. The molecule has 1 heterocycles. The zero-order valence-corrected chi connectivity index (χ0v) is 12.7. The Morgan fingerprint density at radius 2 is 1.56 bits per heavy atom. The number of hydrogen-bond donors (Lipinski definition) is 0. The maximum Gasteiger partial charge on any atom is 0.0346 e. The minimum absolute atomic E-state index is 1.22. The Kier molecular flexibility index (Phi) is 8.91. The molecule has 2 rings (SSSR count).